The van der Waals surface area contributed by atoms with Crippen molar-refractivity contribution in [3.05, 3.63) is 42.4 Å². The maximum Gasteiger partial charge on any atom is 0.301 e. The molecule has 1 aromatic carbocycles. The lowest BCUT2D eigenvalue weighted by atomic mass is 10.3. The van der Waals surface area contributed by atoms with Crippen LogP contribution in [-0.4, -0.2) is 49.9 Å². The van der Waals surface area contributed by atoms with Gasteiger partial charge >= 0.3 is 10.2 Å². The van der Waals surface area contributed by atoms with Gasteiger partial charge in [-0.3, -0.25) is 14.8 Å². The number of thiazole rings is 1. The number of nitrogens with one attached hydrogen (secondary N) is 2. The van der Waals surface area contributed by atoms with Crippen molar-refractivity contribution in [2.45, 2.75) is 0 Å². The molecule has 1 aliphatic rings. The van der Waals surface area contributed by atoms with Crippen LogP contribution >= 0.6 is 11.3 Å². The van der Waals surface area contributed by atoms with Gasteiger partial charge in [0, 0.05) is 13.1 Å². The highest BCUT2D eigenvalue weighted by Crippen LogP contribution is 2.29. The molecule has 0 spiro atoms. The first-order valence-electron chi connectivity index (χ1n) is 8.12. The third kappa shape index (κ3) is 3.95. The Bertz CT molecular complexity index is 1060. The summed E-state index contributed by atoms with van der Waals surface area (Å²) in [4.78, 5) is 16.4. The van der Waals surface area contributed by atoms with Crippen LogP contribution in [0.5, 0.6) is 0 Å². The van der Waals surface area contributed by atoms with E-state index in [2.05, 4.69) is 15.0 Å². The number of fused-ring (bicyclic) bond motifs is 1. The van der Waals surface area contributed by atoms with Gasteiger partial charge in [0.15, 0.2) is 10.9 Å². The van der Waals surface area contributed by atoms with Gasteiger partial charge in [-0.1, -0.05) is 11.3 Å². The first-order chi connectivity index (χ1) is 13.0. The molecule has 1 saturated heterocycles. The minimum atomic E-state index is -3.64. The number of rotatable bonds is 5. The highest BCUT2D eigenvalue weighted by molar-refractivity contribution is 7.90. The lowest BCUT2D eigenvalue weighted by Crippen LogP contribution is -2.43. The number of aromatic nitrogens is 1. The molecule has 0 radical (unpaired) electrons. The van der Waals surface area contributed by atoms with Crippen molar-refractivity contribution in [3.63, 3.8) is 0 Å². The summed E-state index contributed by atoms with van der Waals surface area (Å²) in [5.41, 5.74) is 1.09. The molecular weight excluding hydrogens is 392 g/mol. The minimum Gasteiger partial charge on any atom is -0.459 e. The molecule has 3 heterocycles. The van der Waals surface area contributed by atoms with E-state index in [-0.39, 0.29) is 5.76 Å². The molecule has 4 rings (SSSR count). The zero-order chi connectivity index (χ0) is 18.9. The molecule has 9 nitrogen and oxygen atoms in total. The highest BCUT2D eigenvalue weighted by atomic mass is 32.2. The van der Waals surface area contributed by atoms with E-state index in [0.717, 1.165) is 4.70 Å². The van der Waals surface area contributed by atoms with Gasteiger partial charge in [0.2, 0.25) is 0 Å². The second-order valence-corrected chi connectivity index (χ2v) is 8.45. The van der Waals surface area contributed by atoms with E-state index in [0.29, 0.717) is 42.6 Å². The monoisotopic (exact) mass is 408 g/mol. The number of nitrogens with zero attached hydrogens (tertiary/aromatic N) is 2. The Morgan fingerprint density at radius 3 is 2.78 bits per heavy atom. The normalized spacial score (nSPS) is 15.7. The van der Waals surface area contributed by atoms with Gasteiger partial charge in [0.1, 0.15) is 0 Å². The smallest absolute Gasteiger partial charge is 0.301 e. The van der Waals surface area contributed by atoms with Crippen molar-refractivity contribution in [3.8, 4) is 0 Å². The summed E-state index contributed by atoms with van der Waals surface area (Å²) in [5, 5.41) is 3.07. The lowest BCUT2D eigenvalue weighted by Gasteiger charge is -2.26. The molecule has 0 atom stereocenters. The SMILES string of the molecule is O=C(Nc1nc2ccc(NS(=O)(=O)N3CCOCC3)cc2s1)c1ccco1. The van der Waals surface area contributed by atoms with Crippen LogP contribution in [-0.2, 0) is 14.9 Å². The number of benzene rings is 1. The molecule has 3 aromatic rings. The molecule has 0 saturated carbocycles. The summed E-state index contributed by atoms with van der Waals surface area (Å²) in [6.07, 6.45) is 1.42. The predicted octanol–water partition coefficient (Wildman–Crippen LogP) is 2.13. The summed E-state index contributed by atoms with van der Waals surface area (Å²) in [6, 6.07) is 8.21. The van der Waals surface area contributed by atoms with Crippen molar-refractivity contribution >= 4 is 48.5 Å². The Hall–Kier alpha value is -2.47. The van der Waals surface area contributed by atoms with Gasteiger partial charge in [-0.15, -0.1) is 0 Å². The first kappa shape index (κ1) is 17.9. The van der Waals surface area contributed by atoms with Gasteiger partial charge in [-0.25, -0.2) is 4.98 Å². The third-order valence-corrected chi connectivity index (χ3v) is 6.38. The number of carbonyl (C=O) groups is 1. The lowest BCUT2D eigenvalue weighted by molar-refractivity contribution is 0.0733. The maximum atomic E-state index is 12.5. The average Bonchev–Trinajstić information content (AvgIpc) is 3.31. The second-order valence-electron chi connectivity index (χ2n) is 5.75. The van der Waals surface area contributed by atoms with Crippen LogP contribution in [0.25, 0.3) is 10.2 Å². The van der Waals surface area contributed by atoms with Crippen LogP contribution in [0.3, 0.4) is 0 Å². The number of amides is 1. The predicted molar refractivity (Wildman–Crippen MR) is 101 cm³/mol. The van der Waals surface area contributed by atoms with Gasteiger partial charge in [0.25, 0.3) is 5.91 Å². The Labute approximate surface area is 159 Å². The number of ether oxygens (including phenoxy) is 1. The molecule has 2 aromatic heterocycles. The third-order valence-electron chi connectivity index (χ3n) is 3.91. The van der Waals surface area contributed by atoms with E-state index in [1.165, 1.54) is 21.9 Å². The van der Waals surface area contributed by atoms with Crippen LogP contribution in [0.4, 0.5) is 10.8 Å². The molecule has 2 N–H and O–H groups in total. The van der Waals surface area contributed by atoms with Gasteiger partial charge in [-0.2, -0.15) is 12.7 Å². The Morgan fingerprint density at radius 1 is 1.22 bits per heavy atom. The average molecular weight is 408 g/mol. The Morgan fingerprint density at radius 2 is 2.04 bits per heavy atom. The second kappa shape index (κ2) is 7.27. The van der Waals surface area contributed by atoms with Crippen molar-refractivity contribution in [2.24, 2.45) is 0 Å². The van der Waals surface area contributed by atoms with Crippen LogP contribution in [0.2, 0.25) is 0 Å². The fourth-order valence-electron chi connectivity index (χ4n) is 2.61. The summed E-state index contributed by atoms with van der Waals surface area (Å²) >= 11 is 1.25. The zero-order valence-electron chi connectivity index (χ0n) is 14.0. The highest BCUT2D eigenvalue weighted by Gasteiger charge is 2.24. The molecule has 0 aliphatic carbocycles. The fraction of sp³-hybridized carbons (Fsp3) is 0.250. The van der Waals surface area contributed by atoms with Crippen LogP contribution < -0.4 is 10.0 Å². The maximum absolute atomic E-state index is 12.5. The standard InChI is InChI=1S/C16H16N4O5S2/c21-15(13-2-1-7-25-13)18-16-17-12-4-3-11(10-14(12)26-16)19-27(22,23)20-5-8-24-9-6-20/h1-4,7,10,19H,5-6,8-9H2,(H,17,18,21). The molecule has 142 valence electrons. The van der Waals surface area contributed by atoms with Gasteiger partial charge in [-0.05, 0) is 30.3 Å². The van der Waals surface area contributed by atoms with E-state index in [4.69, 9.17) is 9.15 Å². The minimum absolute atomic E-state index is 0.188. The van der Waals surface area contributed by atoms with Crippen molar-refractivity contribution in [1.29, 1.82) is 0 Å². The first-order valence-corrected chi connectivity index (χ1v) is 10.4. The number of hydrogen-bond acceptors (Lipinski definition) is 7. The van der Waals surface area contributed by atoms with Crippen LogP contribution in [0.1, 0.15) is 10.6 Å². The molecule has 0 unspecified atom stereocenters. The summed E-state index contributed by atoms with van der Waals surface area (Å²) in [5.74, 6) is -0.208. The van der Waals surface area contributed by atoms with Crippen LogP contribution in [0.15, 0.2) is 41.0 Å². The summed E-state index contributed by atoms with van der Waals surface area (Å²) in [7, 11) is -3.64. The fourth-order valence-corrected chi connectivity index (χ4v) is 4.69. The van der Waals surface area contributed by atoms with E-state index in [1.807, 2.05) is 0 Å². The van der Waals surface area contributed by atoms with Crippen LogP contribution in [0, 0.1) is 0 Å². The largest absolute Gasteiger partial charge is 0.459 e. The van der Waals surface area contributed by atoms with Crippen molar-refractivity contribution in [1.82, 2.24) is 9.29 Å². The topological polar surface area (TPSA) is 114 Å². The van der Waals surface area contributed by atoms with Crippen molar-refractivity contribution in [2.75, 3.05) is 36.3 Å². The summed E-state index contributed by atoms with van der Waals surface area (Å²) in [6.45, 7) is 1.41. The zero-order valence-corrected chi connectivity index (χ0v) is 15.7. The molecule has 1 fully saturated rings. The number of furan rings is 1. The van der Waals surface area contributed by atoms with E-state index in [1.54, 1.807) is 30.3 Å². The number of hydrogen-bond donors (Lipinski definition) is 2. The molecule has 1 amide bonds. The van der Waals surface area contributed by atoms with Gasteiger partial charge in [0.05, 0.1) is 35.4 Å². The molecular formula is C16H16N4O5S2. The van der Waals surface area contributed by atoms with E-state index < -0.39 is 16.1 Å². The number of carbonyl (C=O) groups excluding carboxylic acids is 1. The molecule has 0 bridgehead atoms. The Balaban J connectivity index is 1.51. The Kier molecular flexibility index (Phi) is 4.83. The van der Waals surface area contributed by atoms with E-state index >= 15 is 0 Å². The quantitative estimate of drug-likeness (QED) is 0.669. The molecule has 1 aliphatic heterocycles. The number of morpholine rings is 1. The molecule has 11 heteroatoms. The summed E-state index contributed by atoms with van der Waals surface area (Å²) < 4.78 is 39.8. The van der Waals surface area contributed by atoms with E-state index in [9.17, 15) is 13.2 Å². The molecule has 27 heavy (non-hydrogen) atoms. The number of anilines is 2. The van der Waals surface area contributed by atoms with Gasteiger partial charge < -0.3 is 9.15 Å². The van der Waals surface area contributed by atoms with Crippen molar-refractivity contribution < 1.29 is 22.4 Å².